The molecule has 8 heteroatoms. The lowest BCUT2D eigenvalue weighted by Crippen LogP contribution is -2.17. The van der Waals surface area contributed by atoms with Crippen LogP contribution in [-0.4, -0.2) is 27.0 Å². The summed E-state index contributed by atoms with van der Waals surface area (Å²) >= 11 is 11.3. The number of amides is 1. The Kier molecular flexibility index (Phi) is 4.16. The van der Waals surface area contributed by atoms with Gasteiger partial charge in [-0.25, -0.2) is 14.8 Å². The van der Waals surface area contributed by atoms with E-state index in [1.807, 2.05) is 0 Å². The normalized spacial score (nSPS) is 10.1. The number of nitrogens with one attached hydrogen (secondary N) is 1. The van der Waals surface area contributed by atoms with E-state index >= 15 is 0 Å². The van der Waals surface area contributed by atoms with Crippen LogP contribution in [0.5, 0.6) is 0 Å². The highest BCUT2D eigenvalue weighted by Crippen LogP contribution is 2.16. The zero-order valence-corrected chi connectivity index (χ0v) is 11.3. The minimum Gasteiger partial charge on any atom is -0.478 e. The Hall–Kier alpha value is -2.18. The topological polar surface area (TPSA) is 92.2 Å². The van der Waals surface area contributed by atoms with Gasteiger partial charge in [0.1, 0.15) is 11.0 Å². The third-order valence-electron chi connectivity index (χ3n) is 2.31. The van der Waals surface area contributed by atoms with Gasteiger partial charge in [0.05, 0.1) is 11.1 Å². The number of carbonyl (C=O) groups excluding carboxylic acids is 1. The van der Waals surface area contributed by atoms with Crippen LogP contribution >= 0.6 is 23.2 Å². The summed E-state index contributed by atoms with van der Waals surface area (Å²) in [5, 5.41) is 11.4. The number of carboxylic acids is 1. The third-order valence-corrected chi connectivity index (χ3v) is 2.67. The summed E-state index contributed by atoms with van der Waals surface area (Å²) in [4.78, 5) is 30.5. The van der Waals surface area contributed by atoms with E-state index in [2.05, 4.69) is 15.3 Å². The Balaban J connectivity index is 2.31. The summed E-state index contributed by atoms with van der Waals surface area (Å²) in [7, 11) is 0. The summed E-state index contributed by atoms with van der Waals surface area (Å²) in [6.45, 7) is 0. The first-order chi connectivity index (χ1) is 9.47. The molecule has 0 spiro atoms. The number of aromatic carboxylic acids is 1. The standard InChI is InChI=1S/C12H7Cl2N3O3/c13-8-5-9(17-12(14)15-8)16-10(18)6-3-1-2-4-7(6)11(19)20/h1-5H,(H,19,20)(H,15,16,17,18). The molecule has 1 amide bonds. The number of halogens is 2. The molecule has 2 rings (SSSR count). The molecule has 0 saturated carbocycles. The maximum absolute atomic E-state index is 12.0. The van der Waals surface area contributed by atoms with Crippen LogP contribution in [0.4, 0.5) is 5.82 Å². The summed E-state index contributed by atoms with van der Waals surface area (Å²) < 4.78 is 0. The number of hydrogen-bond acceptors (Lipinski definition) is 4. The van der Waals surface area contributed by atoms with E-state index in [0.29, 0.717) is 0 Å². The van der Waals surface area contributed by atoms with Gasteiger partial charge in [-0.15, -0.1) is 0 Å². The van der Waals surface area contributed by atoms with E-state index in [1.165, 1.54) is 24.3 Å². The molecule has 0 fully saturated rings. The average Bonchev–Trinajstić information content (AvgIpc) is 2.37. The Bertz CT molecular complexity index is 671. The minimum atomic E-state index is -1.20. The Morgan fingerprint density at radius 2 is 1.75 bits per heavy atom. The molecule has 0 bridgehead atoms. The number of hydrogen-bond donors (Lipinski definition) is 2. The van der Waals surface area contributed by atoms with E-state index in [9.17, 15) is 9.59 Å². The molecule has 1 aromatic carbocycles. The van der Waals surface area contributed by atoms with Crippen molar-refractivity contribution in [1.29, 1.82) is 0 Å². The number of rotatable bonds is 3. The second-order valence-corrected chi connectivity index (χ2v) is 4.38. The molecule has 20 heavy (non-hydrogen) atoms. The van der Waals surface area contributed by atoms with Crippen molar-refractivity contribution < 1.29 is 14.7 Å². The fourth-order valence-electron chi connectivity index (χ4n) is 1.51. The molecular formula is C12H7Cl2N3O3. The van der Waals surface area contributed by atoms with Crippen LogP contribution in [0.1, 0.15) is 20.7 Å². The number of anilines is 1. The van der Waals surface area contributed by atoms with Gasteiger partial charge >= 0.3 is 5.97 Å². The fraction of sp³-hybridized carbons (Fsp3) is 0. The number of aromatic nitrogens is 2. The van der Waals surface area contributed by atoms with E-state index < -0.39 is 11.9 Å². The van der Waals surface area contributed by atoms with Crippen molar-refractivity contribution in [3.63, 3.8) is 0 Å². The van der Waals surface area contributed by atoms with Gasteiger partial charge in [-0.2, -0.15) is 0 Å². The van der Waals surface area contributed by atoms with Crippen molar-refractivity contribution in [3.05, 3.63) is 51.9 Å². The summed E-state index contributed by atoms with van der Waals surface area (Å²) in [6.07, 6.45) is 0. The lowest BCUT2D eigenvalue weighted by Gasteiger charge is -2.07. The molecule has 2 aromatic rings. The van der Waals surface area contributed by atoms with Crippen molar-refractivity contribution in [2.75, 3.05) is 5.32 Å². The number of carbonyl (C=O) groups is 2. The first-order valence-electron chi connectivity index (χ1n) is 5.31. The van der Waals surface area contributed by atoms with Crippen molar-refractivity contribution in [1.82, 2.24) is 9.97 Å². The van der Waals surface area contributed by atoms with Crippen LogP contribution < -0.4 is 5.32 Å². The number of carboxylic acid groups (broad SMARTS) is 1. The van der Waals surface area contributed by atoms with Crippen LogP contribution in [0.3, 0.4) is 0 Å². The van der Waals surface area contributed by atoms with Crippen molar-refractivity contribution in [3.8, 4) is 0 Å². The van der Waals surface area contributed by atoms with Gasteiger partial charge in [-0.3, -0.25) is 4.79 Å². The largest absolute Gasteiger partial charge is 0.478 e. The van der Waals surface area contributed by atoms with Crippen LogP contribution in [-0.2, 0) is 0 Å². The molecule has 0 atom stereocenters. The van der Waals surface area contributed by atoms with Crippen LogP contribution in [0.2, 0.25) is 10.4 Å². The van der Waals surface area contributed by atoms with Crippen molar-refractivity contribution >= 4 is 40.9 Å². The predicted octanol–water partition coefficient (Wildman–Crippen LogP) is 2.73. The molecule has 0 unspecified atom stereocenters. The average molecular weight is 312 g/mol. The molecule has 0 aliphatic rings. The van der Waals surface area contributed by atoms with Crippen molar-refractivity contribution in [2.45, 2.75) is 0 Å². The molecule has 1 heterocycles. The highest BCUT2D eigenvalue weighted by atomic mass is 35.5. The van der Waals surface area contributed by atoms with E-state index in [0.717, 1.165) is 0 Å². The smallest absolute Gasteiger partial charge is 0.336 e. The van der Waals surface area contributed by atoms with Crippen LogP contribution in [0, 0.1) is 0 Å². The maximum Gasteiger partial charge on any atom is 0.336 e. The SMILES string of the molecule is O=C(O)c1ccccc1C(=O)Nc1cc(Cl)nc(Cl)n1. The van der Waals surface area contributed by atoms with Crippen LogP contribution in [0.25, 0.3) is 0 Å². The van der Waals surface area contributed by atoms with E-state index in [-0.39, 0.29) is 27.4 Å². The van der Waals surface area contributed by atoms with E-state index in [4.69, 9.17) is 28.3 Å². The first kappa shape index (κ1) is 14.2. The van der Waals surface area contributed by atoms with Gasteiger partial charge in [-0.1, -0.05) is 23.7 Å². The van der Waals surface area contributed by atoms with Crippen LogP contribution in [0.15, 0.2) is 30.3 Å². The predicted molar refractivity (Wildman–Crippen MR) is 73.4 cm³/mol. The Morgan fingerprint density at radius 3 is 2.35 bits per heavy atom. The van der Waals surface area contributed by atoms with E-state index in [1.54, 1.807) is 6.07 Å². The van der Waals surface area contributed by atoms with Gasteiger partial charge in [0.2, 0.25) is 5.28 Å². The number of benzene rings is 1. The maximum atomic E-state index is 12.0. The van der Waals surface area contributed by atoms with Gasteiger partial charge in [0, 0.05) is 6.07 Å². The Morgan fingerprint density at radius 1 is 1.10 bits per heavy atom. The zero-order chi connectivity index (χ0) is 14.7. The molecule has 0 aliphatic heterocycles. The molecule has 0 saturated heterocycles. The summed E-state index contributed by atoms with van der Waals surface area (Å²) in [5.41, 5.74) is -0.109. The van der Waals surface area contributed by atoms with Gasteiger partial charge in [-0.05, 0) is 23.7 Å². The minimum absolute atomic E-state index is 0.00542. The molecular weight excluding hydrogens is 305 g/mol. The quantitative estimate of drug-likeness (QED) is 0.671. The molecule has 2 N–H and O–H groups in total. The van der Waals surface area contributed by atoms with Gasteiger partial charge in [0.15, 0.2) is 0 Å². The second-order valence-electron chi connectivity index (χ2n) is 3.65. The number of nitrogens with zero attached hydrogens (tertiary/aromatic N) is 2. The highest BCUT2D eigenvalue weighted by Gasteiger charge is 2.16. The molecule has 6 nitrogen and oxygen atoms in total. The highest BCUT2D eigenvalue weighted by molar-refractivity contribution is 6.32. The fourth-order valence-corrected chi connectivity index (χ4v) is 1.91. The second kappa shape index (κ2) is 5.85. The third kappa shape index (κ3) is 3.23. The lowest BCUT2D eigenvalue weighted by atomic mass is 10.1. The summed E-state index contributed by atoms with van der Waals surface area (Å²) in [5.74, 6) is -1.75. The lowest BCUT2D eigenvalue weighted by molar-refractivity contribution is 0.0692. The first-order valence-corrected chi connectivity index (χ1v) is 6.06. The molecule has 0 aliphatic carbocycles. The van der Waals surface area contributed by atoms with Crippen molar-refractivity contribution in [2.24, 2.45) is 0 Å². The van der Waals surface area contributed by atoms with Gasteiger partial charge in [0.25, 0.3) is 5.91 Å². The zero-order valence-electron chi connectivity index (χ0n) is 9.80. The molecule has 1 aromatic heterocycles. The Labute approximate surface area is 123 Å². The molecule has 102 valence electrons. The summed E-state index contributed by atoms with van der Waals surface area (Å²) in [6, 6.07) is 7.11. The van der Waals surface area contributed by atoms with Gasteiger partial charge < -0.3 is 10.4 Å². The molecule has 0 radical (unpaired) electrons. The monoisotopic (exact) mass is 311 g/mol.